The van der Waals surface area contributed by atoms with Crippen molar-refractivity contribution in [1.29, 1.82) is 0 Å². The summed E-state index contributed by atoms with van der Waals surface area (Å²) in [7, 11) is 0. The molecule has 0 aliphatic rings. The Labute approximate surface area is 58.1 Å². The first kappa shape index (κ1) is 8.96. The lowest BCUT2D eigenvalue weighted by Gasteiger charge is -2.04. The van der Waals surface area contributed by atoms with Crippen molar-refractivity contribution in [2.75, 3.05) is 6.61 Å². The van der Waals surface area contributed by atoms with Crippen molar-refractivity contribution in [1.82, 2.24) is 0 Å². The highest BCUT2D eigenvalue weighted by molar-refractivity contribution is 4.58. The average Bonchev–Trinajstić information content (AvgIpc) is 1.89. The summed E-state index contributed by atoms with van der Waals surface area (Å²) < 4.78 is 0. The summed E-state index contributed by atoms with van der Waals surface area (Å²) in [6.45, 7) is 6.20. The third kappa shape index (κ3) is 5.84. The normalized spacial score (nSPS) is 13.7. The number of hydrogen-bond acceptors (Lipinski definition) is 1. The van der Waals surface area contributed by atoms with Crippen LogP contribution in [-0.2, 0) is 0 Å². The summed E-state index contributed by atoms with van der Waals surface area (Å²) in [4.78, 5) is 0. The van der Waals surface area contributed by atoms with Gasteiger partial charge in [0.1, 0.15) is 0 Å². The maximum absolute atomic E-state index is 8.57. The van der Waals surface area contributed by atoms with Crippen LogP contribution in [-0.4, -0.2) is 11.7 Å². The minimum Gasteiger partial charge on any atom is -0.396 e. The smallest absolute Gasteiger partial charge is 0.0459 e. The minimum absolute atomic E-state index is 0.240. The molecule has 9 heavy (non-hydrogen) atoms. The Kier molecular flexibility index (Phi) is 6.06. The van der Waals surface area contributed by atoms with Crippen molar-refractivity contribution in [3.63, 3.8) is 0 Å². The first-order chi connectivity index (χ1) is 4.31. The molecular weight excluding hydrogens is 112 g/mol. The van der Waals surface area contributed by atoms with E-state index in [4.69, 9.17) is 5.11 Å². The first-order valence-electron chi connectivity index (χ1n) is 3.75. The van der Waals surface area contributed by atoms with Crippen LogP contribution in [0.4, 0.5) is 0 Å². The van der Waals surface area contributed by atoms with Gasteiger partial charge in [0, 0.05) is 6.61 Å². The molecule has 0 aromatic rings. The lowest BCUT2D eigenvalue weighted by molar-refractivity contribution is 0.242. The van der Waals surface area contributed by atoms with Crippen molar-refractivity contribution in [2.24, 2.45) is 5.92 Å². The van der Waals surface area contributed by atoms with Crippen molar-refractivity contribution >= 4 is 0 Å². The van der Waals surface area contributed by atoms with Crippen LogP contribution in [0.2, 0.25) is 0 Å². The summed E-state index contributed by atoms with van der Waals surface area (Å²) in [5.74, 6) is 0.261. The largest absolute Gasteiger partial charge is 0.396 e. The van der Waals surface area contributed by atoms with Crippen molar-refractivity contribution < 1.29 is 5.11 Å². The number of aliphatic hydroxyl groups excluding tert-OH is 1. The Morgan fingerprint density at radius 1 is 1.44 bits per heavy atom. The fourth-order valence-corrected chi connectivity index (χ4v) is 0.774. The second-order valence-electron chi connectivity index (χ2n) is 2.54. The summed E-state index contributed by atoms with van der Waals surface area (Å²) in [6.07, 6.45) is 4.81. The third-order valence-electron chi connectivity index (χ3n) is 1.47. The Hall–Kier alpha value is -0.0400. The molecule has 1 N–H and O–H groups in total. The summed E-state index contributed by atoms with van der Waals surface area (Å²) in [6, 6.07) is 0. The van der Waals surface area contributed by atoms with Gasteiger partial charge in [-0.15, -0.1) is 0 Å². The molecule has 0 aromatic heterocycles. The van der Waals surface area contributed by atoms with Gasteiger partial charge in [-0.3, -0.25) is 0 Å². The van der Waals surface area contributed by atoms with Crippen LogP contribution < -0.4 is 0 Å². The highest BCUT2D eigenvalue weighted by Crippen LogP contribution is 2.06. The molecule has 0 saturated carbocycles. The van der Waals surface area contributed by atoms with Crippen molar-refractivity contribution in [3.8, 4) is 0 Å². The van der Waals surface area contributed by atoms with Gasteiger partial charge in [-0.2, -0.15) is 0 Å². The SMILES string of the molecule is [CH2]C(CO)CCCCC. The molecule has 1 atom stereocenters. The fraction of sp³-hybridized carbons (Fsp3) is 0.875. The van der Waals surface area contributed by atoms with Crippen LogP contribution in [0.15, 0.2) is 0 Å². The van der Waals surface area contributed by atoms with Gasteiger partial charge >= 0.3 is 0 Å². The highest BCUT2D eigenvalue weighted by Gasteiger charge is 1.97. The molecule has 0 fully saturated rings. The van der Waals surface area contributed by atoms with E-state index >= 15 is 0 Å². The molecule has 0 aromatic carbocycles. The molecule has 0 amide bonds. The number of unbranched alkanes of at least 4 members (excludes halogenated alkanes) is 2. The molecule has 1 unspecified atom stereocenters. The lowest BCUT2D eigenvalue weighted by atomic mass is 10.0. The van der Waals surface area contributed by atoms with Gasteiger partial charge < -0.3 is 5.11 Å². The maximum atomic E-state index is 8.57. The zero-order valence-corrected chi connectivity index (χ0v) is 6.27. The van der Waals surface area contributed by atoms with E-state index in [0.29, 0.717) is 0 Å². The Balaban J connectivity index is 2.88. The van der Waals surface area contributed by atoms with Gasteiger partial charge in [-0.25, -0.2) is 0 Å². The number of rotatable bonds is 5. The molecule has 1 radical (unpaired) electrons. The summed E-state index contributed by atoms with van der Waals surface area (Å²) in [5.41, 5.74) is 0. The molecule has 0 bridgehead atoms. The Bertz CT molecular complexity index is 52.5. The van der Waals surface area contributed by atoms with Crippen molar-refractivity contribution in [2.45, 2.75) is 32.6 Å². The molecule has 0 aliphatic heterocycles. The highest BCUT2D eigenvalue weighted by atomic mass is 16.3. The van der Waals surface area contributed by atoms with E-state index in [0.717, 1.165) is 6.42 Å². The van der Waals surface area contributed by atoms with Crippen LogP contribution in [0.3, 0.4) is 0 Å². The molecule has 0 spiro atoms. The van der Waals surface area contributed by atoms with Crippen molar-refractivity contribution in [3.05, 3.63) is 6.92 Å². The molecule has 55 valence electrons. The lowest BCUT2D eigenvalue weighted by Crippen LogP contribution is -1.99. The molecule has 0 aliphatic carbocycles. The third-order valence-corrected chi connectivity index (χ3v) is 1.47. The number of hydrogen-bond donors (Lipinski definition) is 1. The molecule has 1 heteroatoms. The van der Waals surface area contributed by atoms with E-state index in [1.165, 1.54) is 19.3 Å². The van der Waals surface area contributed by atoms with Gasteiger partial charge in [0.25, 0.3) is 0 Å². The van der Waals surface area contributed by atoms with E-state index in [1.807, 2.05) is 0 Å². The molecule has 0 saturated heterocycles. The standard InChI is InChI=1S/C8H17O/c1-3-4-5-6-8(2)7-9/h8-9H,2-7H2,1H3. The molecule has 0 rings (SSSR count). The van der Waals surface area contributed by atoms with Crippen LogP contribution in [0.5, 0.6) is 0 Å². The molecular formula is C8H17O. The second-order valence-corrected chi connectivity index (χ2v) is 2.54. The van der Waals surface area contributed by atoms with Crippen LogP contribution >= 0.6 is 0 Å². The van der Waals surface area contributed by atoms with Crippen LogP contribution in [0.1, 0.15) is 32.6 Å². The fourth-order valence-electron chi connectivity index (χ4n) is 0.774. The zero-order valence-electron chi connectivity index (χ0n) is 6.27. The van der Waals surface area contributed by atoms with Gasteiger partial charge in [0.2, 0.25) is 0 Å². The predicted octanol–water partition coefficient (Wildman–Crippen LogP) is 2.01. The van der Waals surface area contributed by atoms with Gasteiger partial charge in [-0.1, -0.05) is 26.2 Å². The topological polar surface area (TPSA) is 20.2 Å². The van der Waals surface area contributed by atoms with E-state index in [9.17, 15) is 0 Å². The average molecular weight is 129 g/mol. The first-order valence-corrected chi connectivity index (χ1v) is 3.75. The van der Waals surface area contributed by atoms with Crippen LogP contribution in [0, 0.1) is 12.8 Å². The van der Waals surface area contributed by atoms with Gasteiger partial charge in [0.15, 0.2) is 0 Å². The van der Waals surface area contributed by atoms with E-state index in [2.05, 4.69) is 13.8 Å². The zero-order chi connectivity index (χ0) is 7.11. The monoisotopic (exact) mass is 129 g/mol. The Morgan fingerprint density at radius 3 is 2.56 bits per heavy atom. The van der Waals surface area contributed by atoms with E-state index in [-0.39, 0.29) is 12.5 Å². The Morgan fingerprint density at radius 2 is 2.11 bits per heavy atom. The minimum atomic E-state index is 0.240. The maximum Gasteiger partial charge on any atom is 0.0459 e. The van der Waals surface area contributed by atoms with E-state index < -0.39 is 0 Å². The molecule has 0 heterocycles. The van der Waals surface area contributed by atoms with E-state index in [1.54, 1.807) is 0 Å². The van der Waals surface area contributed by atoms with Gasteiger partial charge in [-0.05, 0) is 19.3 Å². The number of aliphatic hydroxyl groups is 1. The quantitative estimate of drug-likeness (QED) is 0.563. The second kappa shape index (κ2) is 6.09. The predicted molar refractivity (Wildman–Crippen MR) is 40.1 cm³/mol. The summed E-state index contributed by atoms with van der Waals surface area (Å²) in [5, 5.41) is 8.57. The van der Waals surface area contributed by atoms with Gasteiger partial charge in [0.05, 0.1) is 0 Å². The summed E-state index contributed by atoms with van der Waals surface area (Å²) >= 11 is 0. The van der Waals surface area contributed by atoms with Crippen LogP contribution in [0.25, 0.3) is 0 Å². The molecule has 1 nitrogen and oxygen atoms in total.